The van der Waals surface area contributed by atoms with Crippen LogP contribution in [0, 0.1) is 71.0 Å². The van der Waals surface area contributed by atoms with Crippen LogP contribution in [-0.2, 0) is 0 Å². The van der Waals surface area contributed by atoms with Gasteiger partial charge in [0.05, 0.1) is 0 Å². The summed E-state index contributed by atoms with van der Waals surface area (Å²) in [5, 5.41) is 0. The van der Waals surface area contributed by atoms with Gasteiger partial charge < -0.3 is 0 Å². The molecule has 52 heavy (non-hydrogen) atoms. The SMILES string of the molecule is CCC(C)C1CCC2C(C1)C(N(C1CCC(C)CC1)C1CCC(C)CC1)C1CCC(C(C)CC)CC1C2N(C1CCC(C)CC1)C1CCC(C)CC1. The van der Waals surface area contributed by atoms with Crippen molar-refractivity contribution in [1.29, 1.82) is 0 Å². The molecule has 7 aliphatic rings. The molecule has 7 fully saturated rings. The topological polar surface area (TPSA) is 6.48 Å². The number of nitrogens with zero attached hydrogens (tertiary/aromatic N) is 2. The third-order valence-electron chi connectivity index (χ3n) is 19.0. The van der Waals surface area contributed by atoms with E-state index in [1.807, 2.05) is 0 Å². The van der Waals surface area contributed by atoms with E-state index in [0.717, 1.165) is 107 Å². The van der Waals surface area contributed by atoms with Gasteiger partial charge in [-0.05, 0) is 212 Å². The van der Waals surface area contributed by atoms with Gasteiger partial charge in [-0.15, -0.1) is 0 Å². The van der Waals surface area contributed by atoms with Crippen LogP contribution in [-0.4, -0.2) is 46.1 Å². The molecule has 0 aromatic rings. The van der Waals surface area contributed by atoms with Crippen LogP contribution in [0.3, 0.4) is 0 Å². The summed E-state index contributed by atoms with van der Waals surface area (Å²) < 4.78 is 0. The van der Waals surface area contributed by atoms with Gasteiger partial charge >= 0.3 is 0 Å². The first-order chi connectivity index (χ1) is 25.2. The molecule has 0 bridgehead atoms. The van der Waals surface area contributed by atoms with Gasteiger partial charge in [-0.2, -0.15) is 0 Å². The lowest BCUT2D eigenvalue weighted by molar-refractivity contribution is -0.162. The Labute approximate surface area is 325 Å². The number of fused-ring (bicyclic) bond motifs is 2. The van der Waals surface area contributed by atoms with E-state index < -0.39 is 0 Å². The molecule has 10 unspecified atom stereocenters. The monoisotopic (exact) mass is 719 g/mol. The van der Waals surface area contributed by atoms with E-state index in [4.69, 9.17) is 0 Å². The van der Waals surface area contributed by atoms with Gasteiger partial charge in [0.1, 0.15) is 0 Å². The highest BCUT2D eigenvalue weighted by molar-refractivity contribution is 5.12. The minimum absolute atomic E-state index is 0.865. The van der Waals surface area contributed by atoms with Gasteiger partial charge in [0, 0.05) is 36.3 Å². The van der Waals surface area contributed by atoms with Crippen molar-refractivity contribution < 1.29 is 0 Å². The summed E-state index contributed by atoms with van der Waals surface area (Å²) in [5.41, 5.74) is 0. The summed E-state index contributed by atoms with van der Waals surface area (Å²) in [6.07, 6.45) is 36.0. The van der Waals surface area contributed by atoms with Crippen LogP contribution in [0.15, 0.2) is 0 Å². The van der Waals surface area contributed by atoms with E-state index in [2.05, 4.69) is 65.2 Å². The molecular weight excluding hydrogens is 629 g/mol. The average molecular weight is 719 g/mol. The van der Waals surface area contributed by atoms with Gasteiger partial charge in [0.25, 0.3) is 0 Å². The van der Waals surface area contributed by atoms with Gasteiger partial charge in [0.15, 0.2) is 0 Å². The van der Waals surface area contributed by atoms with Crippen LogP contribution >= 0.6 is 0 Å². The predicted octanol–water partition coefficient (Wildman–Crippen LogP) is 13.8. The van der Waals surface area contributed by atoms with Gasteiger partial charge in [-0.25, -0.2) is 0 Å². The van der Waals surface area contributed by atoms with Gasteiger partial charge in [0.2, 0.25) is 0 Å². The van der Waals surface area contributed by atoms with Crippen LogP contribution in [0.1, 0.15) is 209 Å². The molecule has 0 spiro atoms. The Morgan fingerprint density at radius 1 is 0.365 bits per heavy atom. The molecule has 0 aliphatic heterocycles. The molecule has 7 aliphatic carbocycles. The lowest BCUT2D eigenvalue weighted by Gasteiger charge is -2.66. The largest absolute Gasteiger partial charge is 0.294 e. The summed E-state index contributed by atoms with van der Waals surface area (Å²) in [5.74, 6) is 11.2. The first kappa shape index (κ1) is 40.1. The average Bonchev–Trinajstić information content (AvgIpc) is 3.17. The molecule has 7 saturated carbocycles. The summed E-state index contributed by atoms with van der Waals surface area (Å²) in [6.45, 7) is 20.6. The second-order valence-electron chi connectivity index (χ2n) is 22.1. The molecule has 0 saturated heterocycles. The van der Waals surface area contributed by atoms with Crippen LogP contribution in [0.4, 0.5) is 0 Å². The van der Waals surface area contributed by atoms with E-state index in [1.165, 1.54) is 128 Å². The maximum atomic E-state index is 3.49. The van der Waals surface area contributed by atoms with Crippen molar-refractivity contribution in [3.8, 4) is 0 Å². The quantitative estimate of drug-likeness (QED) is 0.222. The lowest BCUT2D eigenvalue weighted by Crippen LogP contribution is -2.69. The zero-order valence-electron chi connectivity index (χ0n) is 36.3. The van der Waals surface area contributed by atoms with E-state index in [9.17, 15) is 0 Å². The van der Waals surface area contributed by atoms with Crippen molar-refractivity contribution in [2.45, 2.75) is 246 Å². The highest BCUT2D eigenvalue weighted by Crippen LogP contribution is 2.59. The zero-order chi connectivity index (χ0) is 36.5. The first-order valence-corrected chi connectivity index (χ1v) is 24.7. The van der Waals surface area contributed by atoms with Crippen LogP contribution < -0.4 is 0 Å². The van der Waals surface area contributed by atoms with E-state index >= 15 is 0 Å². The Bertz CT molecular complexity index is 926. The molecule has 0 aromatic heterocycles. The maximum absolute atomic E-state index is 3.49. The molecule has 0 amide bonds. The molecule has 10 atom stereocenters. The summed E-state index contributed by atoms with van der Waals surface area (Å²) >= 11 is 0. The lowest BCUT2D eigenvalue weighted by atomic mass is 9.50. The van der Waals surface area contributed by atoms with Crippen molar-refractivity contribution in [3.05, 3.63) is 0 Å². The molecule has 0 radical (unpaired) electrons. The fourth-order valence-corrected chi connectivity index (χ4v) is 15.1. The number of hydrogen-bond donors (Lipinski definition) is 0. The smallest absolute Gasteiger partial charge is 0.0164 e. The molecule has 7 rings (SSSR count). The second-order valence-corrected chi connectivity index (χ2v) is 22.1. The van der Waals surface area contributed by atoms with Crippen molar-refractivity contribution >= 4 is 0 Å². The van der Waals surface area contributed by atoms with E-state index in [1.54, 1.807) is 25.7 Å². The highest BCUT2D eigenvalue weighted by atomic mass is 15.3. The Morgan fingerprint density at radius 3 is 0.885 bits per heavy atom. The molecular formula is C50H90N2. The molecule has 2 heteroatoms. The zero-order valence-corrected chi connectivity index (χ0v) is 36.3. The van der Waals surface area contributed by atoms with Gasteiger partial charge in [-0.1, -0.05) is 68.2 Å². The fourth-order valence-electron chi connectivity index (χ4n) is 15.1. The van der Waals surface area contributed by atoms with Crippen LogP contribution in [0.2, 0.25) is 0 Å². The Kier molecular flexibility index (Phi) is 13.9. The minimum atomic E-state index is 0.865. The van der Waals surface area contributed by atoms with Crippen molar-refractivity contribution in [2.75, 3.05) is 0 Å². The second kappa shape index (κ2) is 18.0. The molecule has 0 heterocycles. The van der Waals surface area contributed by atoms with E-state index in [0.29, 0.717) is 0 Å². The third kappa shape index (κ3) is 8.59. The summed E-state index contributed by atoms with van der Waals surface area (Å²) in [4.78, 5) is 6.97. The Balaban J connectivity index is 1.33. The number of hydrogen-bond acceptors (Lipinski definition) is 2. The van der Waals surface area contributed by atoms with Crippen LogP contribution in [0.5, 0.6) is 0 Å². The summed E-state index contributed by atoms with van der Waals surface area (Å²) in [7, 11) is 0. The molecule has 300 valence electrons. The summed E-state index contributed by atoms with van der Waals surface area (Å²) in [6, 6.07) is 5.20. The van der Waals surface area contributed by atoms with Crippen molar-refractivity contribution in [2.24, 2.45) is 71.0 Å². The minimum Gasteiger partial charge on any atom is -0.294 e. The van der Waals surface area contributed by atoms with Gasteiger partial charge in [-0.3, -0.25) is 9.80 Å². The Hall–Kier alpha value is -0.0800. The normalized spacial score (nSPS) is 47.4. The number of rotatable bonds is 10. The van der Waals surface area contributed by atoms with Crippen molar-refractivity contribution in [3.63, 3.8) is 0 Å². The maximum Gasteiger partial charge on any atom is 0.0164 e. The standard InChI is InChI=1S/C50H90N2/c1-9-37(7)39-19-29-45-47(31-39)49(51(41-21-11-33(3)12-22-41)42-23-13-34(4)14-24-42)46-30-20-40(38(8)10-2)32-48(46)50(45)52(43-25-15-35(5)16-26-43)44-27-17-36(6)18-28-44/h33-50H,9-32H2,1-8H3. The van der Waals surface area contributed by atoms with E-state index in [-0.39, 0.29) is 0 Å². The predicted molar refractivity (Wildman–Crippen MR) is 224 cm³/mol. The molecule has 0 N–H and O–H groups in total. The highest BCUT2D eigenvalue weighted by Gasteiger charge is 2.59. The molecule has 2 nitrogen and oxygen atoms in total. The first-order valence-electron chi connectivity index (χ1n) is 24.7. The van der Waals surface area contributed by atoms with Crippen LogP contribution in [0.25, 0.3) is 0 Å². The third-order valence-corrected chi connectivity index (χ3v) is 19.0. The Morgan fingerprint density at radius 2 is 0.635 bits per heavy atom. The fraction of sp³-hybridized carbons (Fsp3) is 1.00. The molecule has 0 aromatic carbocycles. The van der Waals surface area contributed by atoms with Crippen molar-refractivity contribution in [1.82, 2.24) is 9.80 Å².